The number of para-hydroxylation sites is 1. The molecular formula is C23H23N5O3S. The number of carbonyl (C=O) groups excluding carboxylic acids is 2. The molecule has 2 amide bonds. The molecule has 0 aliphatic heterocycles. The number of nitrogens with one attached hydrogen (secondary N) is 2. The molecule has 0 saturated heterocycles. The first-order valence-corrected chi connectivity index (χ1v) is 11.0. The van der Waals surface area contributed by atoms with E-state index < -0.39 is 11.8 Å². The molecule has 9 heteroatoms. The molecule has 164 valence electrons. The summed E-state index contributed by atoms with van der Waals surface area (Å²) < 4.78 is 6.96. The molecule has 2 aromatic heterocycles. The number of aromatic nitrogens is 3. The maximum absolute atomic E-state index is 12.3. The average molecular weight is 450 g/mol. The van der Waals surface area contributed by atoms with Gasteiger partial charge in [0.25, 0.3) is 0 Å². The van der Waals surface area contributed by atoms with E-state index in [1.165, 1.54) is 11.3 Å². The van der Waals surface area contributed by atoms with Crippen LogP contribution in [0.15, 0.2) is 47.8 Å². The summed E-state index contributed by atoms with van der Waals surface area (Å²) in [6.45, 7) is 4.09. The fourth-order valence-corrected chi connectivity index (χ4v) is 4.18. The molecule has 2 aromatic carbocycles. The third kappa shape index (κ3) is 4.47. The molecule has 0 radical (unpaired) electrons. The molecule has 8 nitrogen and oxygen atoms in total. The van der Waals surface area contributed by atoms with Crippen molar-refractivity contribution >= 4 is 33.8 Å². The van der Waals surface area contributed by atoms with Crippen molar-refractivity contribution in [3.8, 4) is 17.1 Å². The Bertz CT molecular complexity index is 1260. The standard InChI is InChI=1S/C23H23N5O3S/c1-14-5-4-6-15(2)19(14)25-22(30)21(29)24-12-11-17-13-32-23-26-20(27-28(17)23)16-7-9-18(31-3)10-8-16/h4-10,13H,11-12H2,1-3H3,(H,24,29)(H,25,30). The van der Waals surface area contributed by atoms with Gasteiger partial charge in [-0.1, -0.05) is 18.2 Å². The number of fused-ring (bicyclic) bond motifs is 1. The molecule has 0 saturated carbocycles. The molecule has 0 bridgehead atoms. The summed E-state index contributed by atoms with van der Waals surface area (Å²) in [4.78, 5) is 29.8. The largest absolute Gasteiger partial charge is 0.497 e. The van der Waals surface area contributed by atoms with Crippen LogP contribution in [0.25, 0.3) is 16.3 Å². The number of rotatable bonds is 6. The predicted octanol–water partition coefficient (Wildman–Crippen LogP) is 3.38. The number of methoxy groups -OCH3 is 1. The van der Waals surface area contributed by atoms with Crippen LogP contribution in [0.4, 0.5) is 5.69 Å². The second kappa shape index (κ2) is 9.19. The highest BCUT2D eigenvalue weighted by molar-refractivity contribution is 7.15. The number of ether oxygens (including phenoxy) is 1. The van der Waals surface area contributed by atoms with Gasteiger partial charge >= 0.3 is 11.8 Å². The number of anilines is 1. The van der Waals surface area contributed by atoms with E-state index in [1.54, 1.807) is 11.6 Å². The first-order chi connectivity index (χ1) is 15.5. The van der Waals surface area contributed by atoms with Crippen molar-refractivity contribution in [1.29, 1.82) is 0 Å². The van der Waals surface area contributed by atoms with Crippen LogP contribution in [0.2, 0.25) is 0 Å². The van der Waals surface area contributed by atoms with E-state index in [-0.39, 0.29) is 0 Å². The molecular weight excluding hydrogens is 426 g/mol. The lowest BCUT2D eigenvalue weighted by Gasteiger charge is -2.11. The molecule has 0 fully saturated rings. The van der Waals surface area contributed by atoms with Crippen LogP contribution in [0.3, 0.4) is 0 Å². The SMILES string of the molecule is COc1ccc(-c2nc3scc(CCNC(=O)C(=O)Nc4c(C)cccc4C)n3n2)cc1. The number of amides is 2. The topological polar surface area (TPSA) is 97.6 Å². The highest BCUT2D eigenvalue weighted by atomic mass is 32.1. The minimum Gasteiger partial charge on any atom is -0.497 e. The number of hydrogen-bond acceptors (Lipinski definition) is 6. The Morgan fingerprint density at radius 2 is 1.78 bits per heavy atom. The normalized spacial score (nSPS) is 10.8. The lowest BCUT2D eigenvalue weighted by Crippen LogP contribution is -2.36. The molecule has 0 spiro atoms. The fraction of sp³-hybridized carbons (Fsp3) is 0.217. The number of aryl methyl sites for hydroxylation is 2. The zero-order valence-corrected chi connectivity index (χ0v) is 18.8. The Kier molecular flexibility index (Phi) is 6.18. The van der Waals surface area contributed by atoms with Gasteiger partial charge in [-0.15, -0.1) is 16.4 Å². The zero-order valence-electron chi connectivity index (χ0n) is 18.0. The number of carbonyl (C=O) groups is 2. The van der Waals surface area contributed by atoms with Gasteiger partial charge in [-0.05, 0) is 49.2 Å². The number of hydrogen-bond donors (Lipinski definition) is 2. The van der Waals surface area contributed by atoms with Crippen molar-refractivity contribution in [2.75, 3.05) is 19.0 Å². The van der Waals surface area contributed by atoms with E-state index in [9.17, 15) is 9.59 Å². The van der Waals surface area contributed by atoms with Gasteiger partial charge in [-0.3, -0.25) is 9.59 Å². The molecule has 2 N–H and O–H groups in total. The van der Waals surface area contributed by atoms with Gasteiger partial charge in [0, 0.05) is 29.6 Å². The lowest BCUT2D eigenvalue weighted by atomic mass is 10.1. The Balaban J connectivity index is 1.37. The Hall–Kier alpha value is -3.72. The lowest BCUT2D eigenvalue weighted by molar-refractivity contribution is -0.136. The minimum absolute atomic E-state index is 0.308. The summed E-state index contributed by atoms with van der Waals surface area (Å²) in [6.07, 6.45) is 0.522. The van der Waals surface area contributed by atoms with Gasteiger partial charge in [-0.25, -0.2) is 4.52 Å². The maximum atomic E-state index is 12.3. The molecule has 4 aromatic rings. The summed E-state index contributed by atoms with van der Waals surface area (Å²) in [6, 6.07) is 13.2. The first kappa shape index (κ1) is 21.5. The summed E-state index contributed by atoms with van der Waals surface area (Å²) in [5, 5.41) is 11.9. The quantitative estimate of drug-likeness (QED) is 0.440. The molecule has 32 heavy (non-hydrogen) atoms. The molecule has 2 heterocycles. The average Bonchev–Trinajstić information content (AvgIpc) is 3.38. The van der Waals surface area contributed by atoms with Crippen molar-refractivity contribution < 1.29 is 14.3 Å². The van der Waals surface area contributed by atoms with Crippen molar-refractivity contribution in [3.63, 3.8) is 0 Å². The Morgan fingerprint density at radius 3 is 2.47 bits per heavy atom. The molecule has 4 rings (SSSR count). The number of thiazole rings is 1. The van der Waals surface area contributed by atoms with E-state index in [0.29, 0.717) is 24.5 Å². The van der Waals surface area contributed by atoms with Gasteiger partial charge in [0.2, 0.25) is 4.96 Å². The smallest absolute Gasteiger partial charge is 0.313 e. The first-order valence-electron chi connectivity index (χ1n) is 10.1. The maximum Gasteiger partial charge on any atom is 0.313 e. The second-order valence-electron chi connectivity index (χ2n) is 7.31. The van der Waals surface area contributed by atoms with Crippen LogP contribution in [0.5, 0.6) is 5.75 Å². The van der Waals surface area contributed by atoms with Gasteiger partial charge in [0.05, 0.1) is 12.8 Å². The molecule has 0 aliphatic carbocycles. The van der Waals surface area contributed by atoms with Crippen LogP contribution in [0, 0.1) is 13.8 Å². The van der Waals surface area contributed by atoms with E-state index in [0.717, 1.165) is 33.1 Å². The van der Waals surface area contributed by atoms with E-state index >= 15 is 0 Å². The summed E-state index contributed by atoms with van der Waals surface area (Å²) in [5.41, 5.74) is 4.29. The number of nitrogens with zero attached hydrogens (tertiary/aromatic N) is 3. The summed E-state index contributed by atoms with van der Waals surface area (Å²) >= 11 is 1.48. The van der Waals surface area contributed by atoms with Gasteiger partial charge in [0.1, 0.15) is 5.75 Å². The predicted molar refractivity (Wildman–Crippen MR) is 124 cm³/mol. The van der Waals surface area contributed by atoms with E-state index in [1.807, 2.05) is 61.7 Å². The van der Waals surface area contributed by atoms with Crippen molar-refractivity contribution in [1.82, 2.24) is 19.9 Å². The van der Waals surface area contributed by atoms with Crippen LogP contribution in [0.1, 0.15) is 16.8 Å². The third-order valence-electron chi connectivity index (χ3n) is 5.09. The molecule has 0 unspecified atom stereocenters. The molecule has 0 atom stereocenters. The van der Waals surface area contributed by atoms with Crippen LogP contribution < -0.4 is 15.4 Å². The van der Waals surface area contributed by atoms with Gasteiger partial charge in [-0.2, -0.15) is 4.98 Å². The highest BCUT2D eigenvalue weighted by Gasteiger charge is 2.16. The zero-order chi connectivity index (χ0) is 22.7. The van der Waals surface area contributed by atoms with Gasteiger partial charge < -0.3 is 15.4 Å². The van der Waals surface area contributed by atoms with Crippen molar-refractivity contribution in [2.45, 2.75) is 20.3 Å². The Morgan fingerprint density at radius 1 is 1.06 bits per heavy atom. The van der Waals surface area contributed by atoms with E-state index in [4.69, 9.17) is 4.74 Å². The highest BCUT2D eigenvalue weighted by Crippen LogP contribution is 2.23. The van der Waals surface area contributed by atoms with Crippen LogP contribution >= 0.6 is 11.3 Å². The van der Waals surface area contributed by atoms with Crippen molar-refractivity contribution in [2.24, 2.45) is 0 Å². The summed E-state index contributed by atoms with van der Waals surface area (Å²) in [5.74, 6) is 0.0441. The Labute approximate surface area is 189 Å². The fourth-order valence-electron chi connectivity index (χ4n) is 3.33. The third-order valence-corrected chi connectivity index (χ3v) is 5.96. The van der Waals surface area contributed by atoms with E-state index in [2.05, 4.69) is 20.7 Å². The minimum atomic E-state index is -0.680. The monoisotopic (exact) mass is 449 g/mol. The summed E-state index contributed by atoms with van der Waals surface area (Å²) in [7, 11) is 1.62. The van der Waals surface area contributed by atoms with Gasteiger partial charge in [0.15, 0.2) is 5.82 Å². The van der Waals surface area contributed by atoms with Crippen molar-refractivity contribution in [3.05, 3.63) is 64.7 Å². The van der Waals surface area contributed by atoms with Crippen LogP contribution in [-0.4, -0.2) is 40.1 Å². The molecule has 0 aliphatic rings. The van der Waals surface area contributed by atoms with Crippen LogP contribution in [-0.2, 0) is 16.0 Å². The second-order valence-corrected chi connectivity index (χ2v) is 8.15. The number of benzene rings is 2.